The van der Waals surface area contributed by atoms with Crippen molar-refractivity contribution >= 4 is 0 Å². The van der Waals surface area contributed by atoms with E-state index in [0.717, 1.165) is 32.6 Å². The first-order chi connectivity index (χ1) is 7.77. The molecule has 0 fully saturated rings. The smallest absolute Gasteiger partial charge is 0.0537 e. The van der Waals surface area contributed by atoms with Gasteiger partial charge in [-0.2, -0.15) is 5.10 Å². The number of nitrogens with zero attached hydrogens (tertiary/aromatic N) is 2. The maximum absolute atomic E-state index is 5.35. The predicted molar refractivity (Wildman–Crippen MR) is 65.4 cm³/mol. The first kappa shape index (κ1) is 13.2. The Hall–Kier alpha value is -0.870. The molecule has 16 heavy (non-hydrogen) atoms. The van der Waals surface area contributed by atoms with Gasteiger partial charge >= 0.3 is 0 Å². The first-order valence-electron chi connectivity index (χ1n) is 6.07. The molecule has 0 amide bonds. The zero-order valence-electron chi connectivity index (χ0n) is 10.6. The van der Waals surface area contributed by atoms with Gasteiger partial charge in [0.05, 0.1) is 6.20 Å². The van der Waals surface area contributed by atoms with Gasteiger partial charge in [0, 0.05) is 38.1 Å². The number of ether oxygens (including phenoxy) is 1. The molecule has 1 aromatic heterocycles. The molecule has 92 valence electrons. The molecule has 1 heterocycles. The summed E-state index contributed by atoms with van der Waals surface area (Å²) in [5.41, 5.74) is 1.26. The summed E-state index contributed by atoms with van der Waals surface area (Å²) in [5.74, 6) is 0. The number of aromatic nitrogens is 2. The largest absolute Gasteiger partial charge is 0.382 e. The van der Waals surface area contributed by atoms with Gasteiger partial charge in [0.15, 0.2) is 0 Å². The van der Waals surface area contributed by atoms with Crippen molar-refractivity contribution in [1.29, 1.82) is 0 Å². The highest BCUT2D eigenvalue weighted by Gasteiger charge is 2.11. The molecule has 0 saturated carbocycles. The van der Waals surface area contributed by atoms with Crippen molar-refractivity contribution in [2.75, 3.05) is 19.8 Å². The molecule has 0 aliphatic carbocycles. The quantitative estimate of drug-likeness (QED) is 0.687. The van der Waals surface area contributed by atoms with Crippen molar-refractivity contribution in [3.8, 4) is 0 Å². The third-order valence-corrected chi connectivity index (χ3v) is 2.56. The molecular formula is C12H23N3O. The molecule has 0 radical (unpaired) electrons. The molecule has 0 saturated heterocycles. The average Bonchev–Trinajstić information content (AvgIpc) is 2.69. The fourth-order valence-electron chi connectivity index (χ4n) is 1.79. The van der Waals surface area contributed by atoms with Gasteiger partial charge < -0.3 is 10.1 Å². The second-order valence-corrected chi connectivity index (χ2v) is 3.90. The Labute approximate surface area is 98.0 Å². The van der Waals surface area contributed by atoms with Gasteiger partial charge in [-0.3, -0.25) is 4.68 Å². The van der Waals surface area contributed by atoms with Gasteiger partial charge in [-0.25, -0.2) is 0 Å². The zero-order chi connectivity index (χ0) is 11.8. The Bertz CT molecular complexity index is 286. The van der Waals surface area contributed by atoms with Gasteiger partial charge in [0.25, 0.3) is 0 Å². The first-order valence-corrected chi connectivity index (χ1v) is 6.07. The van der Waals surface area contributed by atoms with Crippen LogP contribution in [0.1, 0.15) is 38.3 Å². The lowest BCUT2D eigenvalue weighted by Gasteiger charge is -2.16. The molecule has 1 aromatic rings. The van der Waals surface area contributed by atoms with E-state index in [1.165, 1.54) is 5.56 Å². The summed E-state index contributed by atoms with van der Waals surface area (Å²) in [5, 5.41) is 7.69. The van der Waals surface area contributed by atoms with E-state index < -0.39 is 0 Å². The number of hydrogen-bond acceptors (Lipinski definition) is 3. The van der Waals surface area contributed by atoms with Crippen LogP contribution in [-0.4, -0.2) is 29.5 Å². The summed E-state index contributed by atoms with van der Waals surface area (Å²) in [6.07, 6.45) is 6.20. The van der Waals surface area contributed by atoms with E-state index in [0.29, 0.717) is 6.04 Å². The second-order valence-electron chi connectivity index (χ2n) is 3.90. The Balaban J connectivity index is 2.41. The third-order valence-electron chi connectivity index (χ3n) is 2.56. The van der Waals surface area contributed by atoms with E-state index in [9.17, 15) is 0 Å². The van der Waals surface area contributed by atoms with E-state index in [1.807, 2.05) is 24.9 Å². The van der Waals surface area contributed by atoms with E-state index in [1.54, 1.807) is 0 Å². The summed E-state index contributed by atoms with van der Waals surface area (Å²) in [7, 11) is 1.95. The third kappa shape index (κ3) is 4.33. The lowest BCUT2D eigenvalue weighted by Crippen LogP contribution is -2.21. The fraction of sp³-hybridized carbons (Fsp3) is 0.750. The van der Waals surface area contributed by atoms with Crippen LogP contribution in [0.5, 0.6) is 0 Å². The normalized spacial score (nSPS) is 12.9. The van der Waals surface area contributed by atoms with Crippen molar-refractivity contribution in [2.45, 2.75) is 32.7 Å². The average molecular weight is 225 g/mol. The molecule has 0 bridgehead atoms. The Morgan fingerprint density at radius 3 is 2.88 bits per heavy atom. The molecule has 0 aromatic carbocycles. The monoisotopic (exact) mass is 225 g/mol. The molecule has 4 nitrogen and oxygen atoms in total. The lowest BCUT2D eigenvalue weighted by atomic mass is 10.1. The Kier molecular flexibility index (Phi) is 6.11. The van der Waals surface area contributed by atoms with Crippen molar-refractivity contribution in [1.82, 2.24) is 15.1 Å². The second kappa shape index (κ2) is 7.41. The van der Waals surface area contributed by atoms with Crippen LogP contribution in [0.4, 0.5) is 0 Å². The standard InChI is InChI=1S/C12H23N3O/c1-4-13-12(7-6-8-16-5-2)11-9-14-15(3)10-11/h9-10,12-13H,4-8H2,1-3H3. The van der Waals surface area contributed by atoms with Crippen LogP contribution < -0.4 is 5.32 Å². The summed E-state index contributed by atoms with van der Waals surface area (Å²) in [6, 6.07) is 0.402. The van der Waals surface area contributed by atoms with Crippen LogP contribution in [0.2, 0.25) is 0 Å². The highest BCUT2D eigenvalue weighted by Crippen LogP contribution is 2.17. The van der Waals surface area contributed by atoms with Gasteiger partial charge in [0.2, 0.25) is 0 Å². The predicted octanol–water partition coefficient (Wildman–Crippen LogP) is 1.89. The molecule has 1 N–H and O–H groups in total. The van der Waals surface area contributed by atoms with Crippen molar-refractivity contribution in [3.05, 3.63) is 18.0 Å². The Morgan fingerprint density at radius 2 is 2.31 bits per heavy atom. The highest BCUT2D eigenvalue weighted by atomic mass is 16.5. The van der Waals surface area contributed by atoms with E-state index >= 15 is 0 Å². The Morgan fingerprint density at radius 1 is 1.50 bits per heavy atom. The number of hydrogen-bond donors (Lipinski definition) is 1. The van der Waals surface area contributed by atoms with Crippen LogP contribution in [-0.2, 0) is 11.8 Å². The number of aryl methyl sites for hydroxylation is 1. The summed E-state index contributed by atoms with van der Waals surface area (Å²) < 4.78 is 7.20. The molecule has 0 spiro atoms. The lowest BCUT2D eigenvalue weighted by molar-refractivity contribution is 0.141. The summed E-state index contributed by atoms with van der Waals surface area (Å²) in [6.45, 7) is 6.79. The minimum Gasteiger partial charge on any atom is -0.382 e. The molecule has 0 aliphatic rings. The van der Waals surface area contributed by atoms with Crippen molar-refractivity contribution < 1.29 is 4.74 Å². The van der Waals surface area contributed by atoms with Gasteiger partial charge in [-0.15, -0.1) is 0 Å². The van der Waals surface area contributed by atoms with Crippen LogP contribution >= 0.6 is 0 Å². The molecule has 0 aliphatic heterocycles. The van der Waals surface area contributed by atoms with Crippen molar-refractivity contribution in [3.63, 3.8) is 0 Å². The molecule has 1 rings (SSSR count). The minimum absolute atomic E-state index is 0.402. The SMILES string of the molecule is CCNC(CCCOCC)c1cnn(C)c1. The minimum atomic E-state index is 0.402. The van der Waals surface area contributed by atoms with Gasteiger partial charge in [-0.05, 0) is 26.3 Å². The zero-order valence-corrected chi connectivity index (χ0v) is 10.6. The van der Waals surface area contributed by atoms with Crippen LogP contribution in [0.15, 0.2) is 12.4 Å². The highest BCUT2D eigenvalue weighted by molar-refractivity contribution is 5.09. The van der Waals surface area contributed by atoms with E-state index in [4.69, 9.17) is 4.74 Å². The van der Waals surface area contributed by atoms with E-state index in [-0.39, 0.29) is 0 Å². The van der Waals surface area contributed by atoms with Crippen LogP contribution in [0.25, 0.3) is 0 Å². The van der Waals surface area contributed by atoms with Crippen LogP contribution in [0.3, 0.4) is 0 Å². The fourth-order valence-corrected chi connectivity index (χ4v) is 1.79. The molecular weight excluding hydrogens is 202 g/mol. The molecule has 4 heteroatoms. The summed E-state index contributed by atoms with van der Waals surface area (Å²) in [4.78, 5) is 0. The van der Waals surface area contributed by atoms with E-state index in [2.05, 4.69) is 23.5 Å². The van der Waals surface area contributed by atoms with Crippen molar-refractivity contribution in [2.24, 2.45) is 7.05 Å². The topological polar surface area (TPSA) is 39.1 Å². The molecule has 1 unspecified atom stereocenters. The maximum Gasteiger partial charge on any atom is 0.0537 e. The van der Waals surface area contributed by atoms with Crippen LogP contribution in [0, 0.1) is 0 Å². The maximum atomic E-state index is 5.35. The number of rotatable bonds is 8. The number of nitrogens with one attached hydrogen (secondary N) is 1. The molecule has 1 atom stereocenters. The van der Waals surface area contributed by atoms with Gasteiger partial charge in [0.1, 0.15) is 0 Å². The summed E-state index contributed by atoms with van der Waals surface area (Å²) >= 11 is 0. The van der Waals surface area contributed by atoms with Gasteiger partial charge in [-0.1, -0.05) is 6.92 Å².